The molecule has 3 heteroatoms. The molecule has 0 aromatic heterocycles. The van der Waals surface area contributed by atoms with Gasteiger partial charge in [0, 0.05) is 5.41 Å². The van der Waals surface area contributed by atoms with Crippen molar-refractivity contribution in [3.05, 3.63) is 90.0 Å². The first-order chi connectivity index (χ1) is 15.0. The summed E-state index contributed by atoms with van der Waals surface area (Å²) in [6.45, 7) is 9.90. The van der Waals surface area contributed by atoms with Gasteiger partial charge in [-0.25, -0.2) is 0 Å². The maximum absolute atomic E-state index is 6.16. The van der Waals surface area contributed by atoms with E-state index in [1.165, 1.54) is 5.56 Å². The predicted octanol–water partition coefficient (Wildman–Crippen LogP) is 7.54. The number of ether oxygens (including phenoxy) is 3. The summed E-state index contributed by atoms with van der Waals surface area (Å²) in [6.07, 6.45) is 2.23. The molecule has 0 saturated heterocycles. The van der Waals surface area contributed by atoms with Crippen LogP contribution in [0.3, 0.4) is 0 Å². The van der Waals surface area contributed by atoms with Gasteiger partial charge in [-0.05, 0) is 67.3 Å². The van der Waals surface area contributed by atoms with Gasteiger partial charge in [0.05, 0.1) is 19.3 Å². The van der Waals surface area contributed by atoms with Crippen LogP contribution in [0.15, 0.2) is 78.9 Å². The van der Waals surface area contributed by atoms with Crippen LogP contribution in [0, 0.1) is 0 Å². The lowest BCUT2D eigenvalue weighted by molar-refractivity contribution is 0.0746. The highest BCUT2D eigenvalue weighted by atomic mass is 16.5. The van der Waals surface area contributed by atoms with E-state index in [-0.39, 0.29) is 11.5 Å². The zero-order chi connectivity index (χ0) is 22.1. The highest BCUT2D eigenvalue weighted by molar-refractivity contribution is 5.34. The molecule has 0 amide bonds. The fourth-order valence-corrected chi connectivity index (χ4v) is 3.36. The number of hydrogen-bond acceptors (Lipinski definition) is 3. The van der Waals surface area contributed by atoms with Gasteiger partial charge < -0.3 is 14.2 Å². The quantitative estimate of drug-likeness (QED) is 0.322. The zero-order valence-electron chi connectivity index (χ0n) is 19.1. The van der Waals surface area contributed by atoms with Crippen LogP contribution < -0.4 is 9.47 Å². The molecule has 31 heavy (non-hydrogen) atoms. The molecule has 0 radical (unpaired) electrons. The molecule has 0 aliphatic carbocycles. The zero-order valence-corrected chi connectivity index (χ0v) is 19.1. The first-order valence-electron chi connectivity index (χ1n) is 11.2. The molecule has 3 aromatic rings. The van der Waals surface area contributed by atoms with E-state index in [1.807, 2.05) is 48.5 Å². The van der Waals surface area contributed by atoms with E-state index < -0.39 is 0 Å². The molecular weight excluding hydrogens is 384 g/mol. The third-order valence-electron chi connectivity index (χ3n) is 5.81. The monoisotopic (exact) mass is 418 g/mol. The highest BCUT2D eigenvalue weighted by Gasteiger charge is 2.25. The molecule has 0 N–H and O–H groups in total. The molecule has 3 rings (SSSR count). The van der Waals surface area contributed by atoms with Crippen LogP contribution in [0.2, 0.25) is 0 Å². The number of para-hydroxylation sites is 1. The molecule has 0 aliphatic rings. The average molecular weight is 419 g/mol. The van der Waals surface area contributed by atoms with Gasteiger partial charge in [-0.1, -0.05) is 63.2 Å². The standard InChI is InChI=1S/C28H34O3/c1-5-22(3)30-26-17-15-24(16-18-26)28(4,6-2)21-29-20-23-11-10-14-27(19-23)31-25-12-8-7-9-13-25/h7-19,22H,5-6,20-21H2,1-4H3. The van der Waals surface area contributed by atoms with Crippen molar-refractivity contribution < 1.29 is 14.2 Å². The summed E-state index contributed by atoms with van der Waals surface area (Å²) in [4.78, 5) is 0. The Bertz CT molecular complexity index is 921. The third-order valence-corrected chi connectivity index (χ3v) is 5.81. The Morgan fingerprint density at radius 3 is 2.19 bits per heavy atom. The summed E-state index contributed by atoms with van der Waals surface area (Å²) in [6, 6.07) is 26.4. The van der Waals surface area contributed by atoms with Crippen molar-refractivity contribution >= 4 is 0 Å². The van der Waals surface area contributed by atoms with Crippen LogP contribution in [0.5, 0.6) is 17.2 Å². The van der Waals surface area contributed by atoms with Gasteiger partial charge in [0.1, 0.15) is 17.2 Å². The fraction of sp³-hybridized carbons (Fsp3) is 0.357. The molecule has 2 atom stereocenters. The second-order valence-electron chi connectivity index (χ2n) is 8.33. The Morgan fingerprint density at radius 2 is 1.52 bits per heavy atom. The summed E-state index contributed by atoms with van der Waals surface area (Å²) in [5.41, 5.74) is 2.32. The van der Waals surface area contributed by atoms with Crippen LogP contribution >= 0.6 is 0 Å². The molecule has 0 aliphatic heterocycles. The second kappa shape index (κ2) is 11.0. The molecule has 3 nitrogen and oxygen atoms in total. The van der Waals surface area contributed by atoms with E-state index >= 15 is 0 Å². The molecule has 0 bridgehead atoms. The van der Waals surface area contributed by atoms with E-state index in [2.05, 4.69) is 58.0 Å². The average Bonchev–Trinajstić information content (AvgIpc) is 2.80. The Labute approximate surface area is 187 Å². The Kier molecular flexibility index (Phi) is 8.13. The van der Waals surface area contributed by atoms with E-state index in [0.29, 0.717) is 13.2 Å². The van der Waals surface area contributed by atoms with Crippen LogP contribution in [0.25, 0.3) is 0 Å². The summed E-state index contributed by atoms with van der Waals surface area (Å²) in [7, 11) is 0. The molecule has 0 saturated carbocycles. The molecule has 0 spiro atoms. The maximum Gasteiger partial charge on any atom is 0.127 e. The second-order valence-corrected chi connectivity index (χ2v) is 8.33. The van der Waals surface area contributed by atoms with Crippen LogP contribution in [-0.4, -0.2) is 12.7 Å². The number of hydrogen-bond donors (Lipinski definition) is 0. The van der Waals surface area contributed by atoms with Crippen LogP contribution in [0.1, 0.15) is 51.7 Å². The van der Waals surface area contributed by atoms with Crippen molar-refractivity contribution in [1.29, 1.82) is 0 Å². The fourth-order valence-electron chi connectivity index (χ4n) is 3.36. The minimum absolute atomic E-state index is 0.0486. The smallest absolute Gasteiger partial charge is 0.127 e. The molecule has 3 aromatic carbocycles. The van der Waals surface area contributed by atoms with Gasteiger partial charge in [0.15, 0.2) is 0 Å². The van der Waals surface area contributed by atoms with Gasteiger partial charge in [-0.3, -0.25) is 0 Å². The van der Waals surface area contributed by atoms with E-state index in [4.69, 9.17) is 14.2 Å². The molecule has 2 unspecified atom stereocenters. The Morgan fingerprint density at radius 1 is 0.806 bits per heavy atom. The number of benzene rings is 3. The van der Waals surface area contributed by atoms with E-state index in [1.54, 1.807) is 0 Å². The van der Waals surface area contributed by atoms with Crippen LogP contribution in [-0.2, 0) is 16.8 Å². The van der Waals surface area contributed by atoms with Gasteiger partial charge in [0.25, 0.3) is 0 Å². The maximum atomic E-state index is 6.16. The summed E-state index contributed by atoms with van der Waals surface area (Å²) >= 11 is 0. The third kappa shape index (κ3) is 6.60. The Hall–Kier alpha value is -2.78. The van der Waals surface area contributed by atoms with Crippen molar-refractivity contribution in [2.45, 2.75) is 58.7 Å². The SMILES string of the molecule is CCC(C)Oc1ccc(C(C)(CC)COCc2cccc(Oc3ccccc3)c2)cc1. The topological polar surface area (TPSA) is 27.7 Å². The van der Waals surface area contributed by atoms with Crippen molar-refractivity contribution in [2.24, 2.45) is 0 Å². The lowest BCUT2D eigenvalue weighted by atomic mass is 9.81. The van der Waals surface area contributed by atoms with Crippen molar-refractivity contribution in [1.82, 2.24) is 0 Å². The summed E-state index contributed by atoms with van der Waals surface area (Å²) < 4.78 is 18.0. The van der Waals surface area contributed by atoms with Crippen molar-refractivity contribution in [2.75, 3.05) is 6.61 Å². The first-order valence-corrected chi connectivity index (χ1v) is 11.2. The van der Waals surface area contributed by atoms with Crippen LogP contribution in [0.4, 0.5) is 0 Å². The van der Waals surface area contributed by atoms with Crippen molar-refractivity contribution in [3.8, 4) is 17.2 Å². The largest absolute Gasteiger partial charge is 0.491 e. The lowest BCUT2D eigenvalue weighted by Gasteiger charge is -2.29. The predicted molar refractivity (Wildman–Crippen MR) is 127 cm³/mol. The van der Waals surface area contributed by atoms with Gasteiger partial charge in [-0.2, -0.15) is 0 Å². The molecular formula is C28H34O3. The van der Waals surface area contributed by atoms with E-state index in [9.17, 15) is 0 Å². The molecule has 0 heterocycles. The van der Waals surface area contributed by atoms with Gasteiger partial charge in [0.2, 0.25) is 0 Å². The normalized spacial score (nSPS) is 13.9. The first kappa shape index (κ1) is 22.9. The highest BCUT2D eigenvalue weighted by Crippen LogP contribution is 2.30. The van der Waals surface area contributed by atoms with Gasteiger partial charge >= 0.3 is 0 Å². The Balaban J connectivity index is 1.58. The molecule has 164 valence electrons. The minimum atomic E-state index is -0.0486. The summed E-state index contributed by atoms with van der Waals surface area (Å²) in [5, 5.41) is 0. The van der Waals surface area contributed by atoms with Crippen molar-refractivity contribution in [3.63, 3.8) is 0 Å². The summed E-state index contributed by atoms with van der Waals surface area (Å²) in [5.74, 6) is 2.58. The lowest BCUT2D eigenvalue weighted by Crippen LogP contribution is -2.27. The van der Waals surface area contributed by atoms with Gasteiger partial charge in [-0.15, -0.1) is 0 Å². The minimum Gasteiger partial charge on any atom is -0.491 e. The van der Waals surface area contributed by atoms with E-state index in [0.717, 1.165) is 35.7 Å². The molecule has 0 fully saturated rings. The number of rotatable bonds is 11.